The van der Waals surface area contributed by atoms with E-state index >= 15 is 0 Å². The lowest BCUT2D eigenvalue weighted by molar-refractivity contribution is 0.0961. The van der Waals surface area contributed by atoms with Crippen molar-refractivity contribution >= 4 is 38.9 Å². The van der Waals surface area contributed by atoms with Crippen molar-refractivity contribution in [2.75, 3.05) is 6.54 Å². The zero-order chi connectivity index (χ0) is 13.3. The molecular weight excluding hydrogens is 266 g/mol. The van der Waals surface area contributed by atoms with E-state index in [2.05, 4.69) is 11.9 Å². The van der Waals surface area contributed by atoms with E-state index in [1.165, 1.54) is 11.3 Å². The summed E-state index contributed by atoms with van der Waals surface area (Å²) >= 11 is 7.72. The maximum atomic E-state index is 12.0. The predicted octanol–water partition coefficient (Wildman–Crippen LogP) is 4.17. The van der Waals surface area contributed by atoms with Crippen LogP contribution in [0.1, 0.15) is 22.2 Å². The highest BCUT2D eigenvalue weighted by Crippen LogP contribution is 2.37. The first-order valence-corrected chi connectivity index (χ1v) is 6.80. The fraction of sp³-hybridized carbons (Fsp3) is 0.214. The average molecular weight is 280 g/mol. The van der Waals surface area contributed by atoms with E-state index in [4.69, 9.17) is 11.6 Å². The molecule has 0 aliphatic heterocycles. The van der Waals surface area contributed by atoms with Crippen LogP contribution >= 0.6 is 22.9 Å². The summed E-state index contributed by atoms with van der Waals surface area (Å²) in [7, 11) is 0. The van der Waals surface area contributed by atoms with E-state index in [0.717, 1.165) is 21.2 Å². The zero-order valence-electron chi connectivity index (χ0n) is 10.3. The molecule has 1 aromatic heterocycles. The van der Waals surface area contributed by atoms with Crippen LogP contribution in [-0.2, 0) is 0 Å². The SMILES string of the molecule is C=C(C)CNC(=O)c1sc2cccc(C)c2c1Cl. The predicted molar refractivity (Wildman–Crippen MR) is 78.7 cm³/mol. The molecule has 2 nitrogen and oxygen atoms in total. The molecule has 1 amide bonds. The fourth-order valence-corrected chi connectivity index (χ4v) is 3.33. The van der Waals surface area contributed by atoms with Crippen LogP contribution in [0.25, 0.3) is 10.1 Å². The first-order chi connectivity index (χ1) is 8.50. The van der Waals surface area contributed by atoms with Gasteiger partial charge in [-0.3, -0.25) is 4.79 Å². The Morgan fingerprint density at radius 1 is 1.50 bits per heavy atom. The lowest BCUT2D eigenvalue weighted by Crippen LogP contribution is -2.24. The third-order valence-corrected chi connectivity index (χ3v) is 4.27. The molecule has 0 saturated carbocycles. The lowest BCUT2D eigenvalue weighted by atomic mass is 10.1. The largest absolute Gasteiger partial charge is 0.348 e. The van der Waals surface area contributed by atoms with E-state index in [1.807, 2.05) is 32.0 Å². The van der Waals surface area contributed by atoms with Gasteiger partial charge >= 0.3 is 0 Å². The summed E-state index contributed by atoms with van der Waals surface area (Å²) in [5.41, 5.74) is 2.00. The van der Waals surface area contributed by atoms with E-state index < -0.39 is 0 Å². The van der Waals surface area contributed by atoms with Crippen LogP contribution in [0, 0.1) is 6.92 Å². The molecule has 0 bridgehead atoms. The number of thiophene rings is 1. The summed E-state index contributed by atoms with van der Waals surface area (Å²) in [4.78, 5) is 12.6. The van der Waals surface area contributed by atoms with Crippen LogP contribution < -0.4 is 5.32 Å². The van der Waals surface area contributed by atoms with Crippen LogP contribution in [0.2, 0.25) is 5.02 Å². The summed E-state index contributed by atoms with van der Waals surface area (Å²) in [5.74, 6) is -0.136. The molecule has 1 N–H and O–H groups in total. The van der Waals surface area contributed by atoms with E-state index in [0.29, 0.717) is 16.4 Å². The first kappa shape index (κ1) is 13.1. The van der Waals surface area contributed by atoms with Crippen molar-refractivity contribution in [2.24, 2.45) is 0 Å². The first-order valence-electron chi connectivity index (χ1n) is 5.61. The van der Waals surface area contributed by atoms with Gasteiger partial charge in [0.2, 0.25) is 0 Å². The Hall–Kier alpha value is -1.32. The minimum Gasteiger partial charge on any atom is -0.348 e. The average Bonchev–Trinajstić information content (AvgIpc) is 2.65. The molecule has 0 saturated heterocycles. The zero-order valence-corrected chi connectivity index (χ0v) is 11.9. The Kier molecular flexibility index (Phi) is 3.73. The number of amides is 1. The molecule has 0 atom stereocenters. The number of aryl methyl sites for hydroxylation is 1. The van der Waals surface area contributed by atoms with Crippen LogP contribution in [0.15, 0.2) is 30.4 Å². The van der Waals surface area contributed by atoms with Gasteiger partial charge in [-0.2, -0.15) is 0 Å². The van der Waals surface area contributed by atoms with Crippen molar-refractivity contribution in [3.63, 3.8) is 0 Å². The molecule has 0 aliphatic carbocycles. The van der Waals surface area contributed by atoms with Crippen molar-refractivity contribution in [1.29, 1.82) is 0 Å². The van der Waals surface area contributed by atoms with E-state index in [-0.39, 0.29) is 5.91 Å². The topological polar surface area (TPSA) is 29.1 Å². The van der Waals surface area contributed by atoms with Gasteiger partial charge in [0.25, 0.3) is 5.91 Å². The highest BCUT2D eigenvalue weighted by Gasteiger charge is 2.17. The van der Waals surface area contributed by atoms with Gasteiger partial charge in [0, 0.05) is 16.6 Å². The summed E-state index contributed by atoms with van der Waals surface area (Å²) in [6.07, 6.45) is 0. The molecule has 1 heterocycles. The number of fused-ring (bicyclic) bond motifs is 1. The molecule has 0 spiro atoms. The molecule has 0 unspecified atom stereocenters. The Bertz CT molecular complexity index is 630. The number of carbonyl (C=O) groups excluding carboxylic acids is 1. The van der Waals surface area contributed by atoms with Crippen LogP contribution in [-0.4, -0.2) is 12.5 Å². The van der Waals surface area contributed by atoms with Crippen LogP contribution in [0.3, 0.4) is 0 Å². The monoisotopic (exact) mass is 279 g/mol. The maximum absolute atomic E-state index is 12.0. The second kappa shape index (κ2) is 5.12. The molecule has 1 aromatic carbocycles. The van der Waals surface area contributed by atoms with Gasteiger partial charge in [0.05, 0.1) is 5.02 Å². The number of benzene rings is 1. The maximum Gasteiger partial charge on any atom is 0.263 e. The third kappa shape index (κ3) is 2.42. The highest BCUT2D eigenvalue weighted by atomic mass is 35.5. The molecular formula is C14H14ClNOS. The molecule has 94 valence electrons. The van der Waals surface area contributed by atoms with Gasteiger partial charge in [-0.1, -0.05) is 35.9 Å². The summed E-state index contributed by atoms with van der Waals surface area (Å²) in [5, 5.41) is 4.33. The Morgan fingerprint density at radius 3 is 2.83 bits per heavy atom. The number of hydrogen-bond donors (Lipinski definition) is 1. The van der Waals surface area contributed by atoms with Crippen LogP contribution in [0.5, 0.6) is 0 Å². The van der Waals surface area contributed by atoms with E-state index in [1.54, 1.807) is 0 Å². The molecule has 2 rings (SSSR count). The van der Waals surface area contributed by atoms with Gasteiger partial charge in [0.15, 0.2) is 0 Å². The van der Waals surface area contributed by atoms with Crippen molar-refractivity contribution in [3.05, 3.63) is 45.8 Å². The van der Waals surface area contributed by atoms with Gasteiger partial charge in [-0.25, -0.2) is 0 Å². The molecule has 0 aliphatic rings. The molecule has 4 heteroatoms. The second-order valence-electron chi connectivity index (χ2n) is 4.33. The molecule has 0 radical (unpaired) electrons. The smallest absolute Gasteiger partial charge is 0.263 e. The summed E-state index contributed by atoms with van der Waals surface area (Å²) in [6, 6.07) is 5.95. The number of nitrogens with one attached hydrogen (secondary N) is 1. The minimum absolute atomic E-state index is 0.136. The Labute approximate surface area is 115 Å². The second-order valence-corrected chi connectivity index (χ2v) is 5.76. The van der Waals surface area contributed by atoms with Gasteiger partial charge in [-0.05, 0) is 25.5 Å². The van der Waals surface area contributed by atoms with Gasteiger partial charge in [-0.15, -0.1) is 11.3 Å². The normalized spacial score (nSPS) is 10.6. The van der Waals surface area contributed by atoms with Crippen LogP contribution in [0.4, 0.5) is 0 Å². The number of halogens is 1. The highest BCUT2D eigenvalue weighted by molar-refractivity contribution is 7.21. The summed E-state index contributed by atoms with van der Waals surface area (Å²) in [6.45, 7) is 8.10. The summed E-state index contributed by atoms with van der Waals surface area (Å²) < 4.78 is 1.04. The number of rotatable bonds is 3. The fourth-order valence-electron chi connectivity index (χ4n) is 1.73. The lowest BCUT2D eigenvalue weighted by Gasteiger charge is -2.02. The Morgan fingerprint density at radius 2 is 2.22 bits per heavy atom. The van der Waals surface area contributed by atoms with Crippen molar-refractivity contribution in [1.82, 2.24) is 5.32 Å². The minimum atomic E-state index is -0.136. The van der Waals surface area contributed by atoms with Gasteiger partial charge in [0.1, 0.15) is 4.88 Å². The quantitative estimate of drug-likeness (QED) is 0.840. The molecule has 0 fully saturated rings. The van der Waals surface area contributed by atoms with Crippen molar-refractivity contribution in [2.45, 2.75) is 13.8 Å². The third-order valence-electron chi connectivity index (χ3n) is 2.62. The van der Waals surface area contributed by atoms with E-state index in [9.17, 15) is 4.79 Å². The van der Waals surface area contributed by atoms with Crippen molar-refractivity contribution in [3.8, 4) is 0 Å². The van der Waals surface area contributed by atoms with Crippen molar-refractivity contribution < 1.29 is 4.79 Å². The van der Waals surface area contributed by atoms with Gasteiger partial charge < -0.3 is 5.32 Å². The standard InChI is InChI=1S/C14H14ClNOS/c1-8(2)7-16-14(17)13-12(15)11-9(3)5-4-6-10(11)18-13/h4-6H,1,7H2,2-3H3,(H,16,17). The molecule has 18 heavy (non-hydrogen) atoms. The number of hydrogen-bond acceptors (Lipinski definition) is 2. The molecule has 2 aromatic rings. The number of carbonyl (C=O) groups is 1. The Balaban J connectivity index is 2.40.